The number of rotatable bonds is 5. The van der Waals surface area contributed by atoms with Crippen molar-refractivity contribution < 1.29 is 19.5 Å². The predicted molar refractivity (Wildman–Crippen MR) is 78.6 cm³/mol. The molecule has 1 saturated heterocycles. The van der Waals surface area contributed by atoms with Crippen LogP contribution in [0.1, 0.15) is 47.5 Å². The highest BCUT2D eigenvalue weighted by atomic mass is 16.4. The fourth-order valence-corrected chi connectivity index (χ4v) is 2.44. The number of nitrogens with one attached hydrogen (secondary N) is 1. The van der Waals surface area contributed by atoms with Crippen LogP contribution in [0.5, 0.6) is 0 Å². The number of nitrogens with zero attached hydrogens (tertiary/aromatic N) is 1. The lowest BCUT2D eigenvalue weighted by Gasteiger charge is -2.31. The third-order valence-corrected chi connectivity index (χ3v) is 3.89. The number of carboxylic acid groups (broad SMARTS) is 1. The van der Waals surface area contributed by atoms with Crippen molar-refractivity contribution in [2.24, 2.45) is 11.3 Å². The molecule has 6 nitrogen and oxygen atoms in total. The van der Waals surface area contributed by atoms with Crippen molar-refractivity contribution in [3.05, 3.63) is 0 Å². The number of carbonyl (C=O) groups excluding carboxylic acids is 2. The molecule has 0 aromatic rings. The van der Waals surface area contributed by atoms with Crippen molar-refractivity contribution in [2.45, 2.75) is 59.5 Å². The van der Waals surface area contributed by atoms with E-state index in [-0.39, 0.29) is 36.1 Å². The topological polar surface area (TPSA) is 86.7 Å². The van der Waals surface area contributed by atoms with E-state index in [2.05, 4.69) is 5.32 Å². The van der Waals surface area contributed by atoms with Gasteiger partial charge in [-0.25, -0.2) is 0 Å². The van der Waals surface area contributed by atoms with Gasteiger partial charge in [0.2, 0.25) is 11.8 Å². The van der Waals surface area contributed by atoms with E-state index in [1.54, 1.807) is 4.90 Å². The molecule has 0 radical (unpaired) electrons. The number of hydrogen-bond acceptors (Lipinski definition) is 3. The second-order valence-electron chi connectivity index (χ2n) is 7.07. The standard InChI is InChI=1S/C15H26N2O4/c1-9(2)17-8-10(6-12(17)18)14(21)16-11(7-13(19)20)15(3,4)5/h9-11H,6-8H2,1-5H3,(H,16,21)(H,19,20). The molecule has 1 aliphatic heterocycles. The van der Waals surface area contributed by atoms with Crippen LogP contribution < -0.4 is 5.32 Å². The van der Waals surface area contributed by atoms with Crippen LogP contribution in [0.4, 0.5) is 0 Å². The Morgan fingerprint density at radius 1 is 1.38 bits per heavy atom. The highest BCUT2D eigenvalue weighted by Gasteiger charge is 2.37. The smallest absolute Gasteiger partial charge is 0.305 e. The van der Waals surface area contributed by atoms with Gasteiger partial charge in [0.15, 0.2) is 0 Å². The van der Waals surface area contributed by atoms with Crippen LogP contribution in [0.15, 0.2) is 0 Å². The molecule has 1 heterocycles. The minimum atomic E-state index is -0.943. The summed E-state index contributed by atoms with van der Waals surface area (Å²) in [6, 6.07) is -0.376. The molecule has 2 unspecified atom stereocenters. The molecule has 1 aliphatic rings. The Morgan fingerprint density at radius 3 is 2.33 bits per heavy atom. The lowest BCUT2D eigenvalue weighted by atomic mass is 9.84. The van der Waals surface area contributed by atoms with Gasteiger partial charge in [-0.3, -0.25) is 14.4 Å². The van der Waals surface area contributed by atoms with Crippen LogP contribution in [-0.2, 0) is 14.4 Å². The lowest BCUT2D eigenvalue weighted by Crippen LogP contribution is -2.47. The van der Waals surface area contributed by atoms with Crippen molar-refractivity contribution in [1.82, 2.24) is 10.2 Å². The normalized spacial score (nSPS) is 20.8. The van der Waals surface area contributed by atoms with Crippen LogP contribution in [-0.4, -0.2) is 46.4 Å². The first-order valence-corrected chi connectivity index (χ1v) is 7.34. The van der Waals surface area contributed by atoms with E-state index in [9.17, 15) is 14.4 Å². The van der Waals surface area contributed by atoms with Crippen LogP contribution in [0, 0.1) is 11.3 Å². The molecule has 0 bridgehead atoms. The molecule has 1 rings (SSSR count). The van der Waals surface area contributed by atoms with Crippen molar-refractivity contribution in [3.8, 4) is 0 Å². The lowest BCUT2D eigenvalue weighted by molar-refractivity contribution is -0.139. The third kappa shape index (κ3) is 4.72. The van der Waals surface area contributed by atoms with Gasteiger partial charge in [0, 0.05) is 25.0 Å². The summed E-state index contributed by atoms with van der Waals surface area (Å²) < 4.78 is 0. The monoisotopic (exact) mass is 298 g/mol. The van der Waals surface area contributed by atoms with Crippen molar-refractivity contribution >= 4 is 17.8 Å². The van der Waals surface area contributed by atoms with Gasteiger partial charge in [-0.1, -0.05) is 20.8 Å². The fourth-order valence-electron chi connectivity index (χ4n) is 2.44. The van der Waals surface area contributed by atoms with Gasteiger partial charge < -0.3 is 15.3 Å². The zero-order chi connectivity index (χ0) is 16.4. The maximum absolute atomic E-state index is 12.3. The summed E-state index contributed by atoms with van der Waals surface area (Å²) in [5.74, 6) is -1.58. The van der Waals surface area contributed by atoms with Gasteiger partial charge in [0.05, 0.1) is 12.3 Å². The summed E-state index contributed by atoms with van der Waals surface area (Å²) in [4.78, 5) is 36.8. The Morgan fingerprint density at radius 2 is 1.95 bits per heavy atom. The van der Waals surface area contributed by atoms with E-state index >= 15 is 0 Å². The Kier molecular flexibility index (Phi) is 5.36. The number of aliphatic carboxylic acids is 1. The van der Waals surface area contributed by atoms with E-state index in [1.165, 1.54) is 0 Å². The van der Waals surface area contributed by atoms with E-state index in [1.807, 2.05) is 34.6 Å². The minimum Gasteiger partial charge on any atom is -0.481 e. The number of carboxylic acids is 1. The highest BCUT2D eigenvalue weighted by molar-refractivity contribution is 5.89. The largest absolute Gasteiger partial charge is 0.481 e. The molecule has 0 aromatic heterocycles. The first-order chi connectivity index (χ1) is 9.52. The van der Waals surface area contributed by atoms with E-state index in [0.29, 0.717) is 6.54 Å². The van der Waals surface area contributed by atoms with E-state index < -0.39 is 17.9 Å². The van der Waals surface area contributed by atoms with Gasteiger partial charge in [-0.15, -0.1) is 0 Å². The molecule has 0 saturated carbocycles. The second kappa shape index (κ2) is 6.45. The first-order valence-electron chi connectivity index (χ1n) is 7.34. The number of likely N-dealkylation sites (tertiary alicyclic amines) is 1. The van der Waals surface area contributed by atoms with E-state index in [4.69, 9.17) is 5.11 Å². The molecule has 2 amide bonds. The Balaban J connectivity index is 2.71. The van der Waals surface area contributed by atoms with Crippen LogP contribution in [0.3, 0.4) is 0 Å². The summed E-state index contributed by atoms with van der Waals surface area (Å²) in [5, 5.41) is 11.8. The summed E-state index contributed by atoms with van der Waals surface area (Å²) in [6.45, 7) is 9.91. The van der Waals surface area contributed by atoms with Crippen molar-refractivity contribution in [3.63, 3.8) is 0 Å². The SMILES string of the molecule is CC(C)N1CC(C(=O)NC(CC(=O)O)C(C)(C)C)CC1=O. The van der Waals surface area contributed by atoms with Crippen molar-refractivity contribution in [1.29, 1.82) is 0 Å². The molecule has 6 heteroatoms. The third-order valence-electron chi connectivity index (χ3n) is 3.89. The van der Waals surface area contributed by atoms with Gasteiger partial charge in [-0.2, -0.15) is 0 Å². The van der Waals surface area contributed by atoms with Gasteiger partial charge in [-0.05, 0) is 19.3 Å². The summed E-state index contributed by atoms with van der Waals surface area (Å²) in [5.41, 5.74) is -0.353. The molecule has 2 atom stereocenters. The second-order valence-corrected chi connectivity index (χ2v) is 7.07. The Labute approximate surface area is 125 Å². The fraction of sp³-hybridized carbons (Fsp3) is 0.800. The molecule has 0 aromatic carbocycles. The Hall–Kier alpha value is -1.59. The maximum atomic E-state index is 12.3. The number of carbonyl (C=O) groups is 3. The molecular formula is C15H26N2O4. The summed E-state index contributed by atoms with van der Waals surface area (Å²) in [6.07, 6.45) is 0.0811. The maximum Gasteiger partial charge on any atom is 0.305 e. The van der Waals surface area contributed by atoms with Gasteiger partial charge >= 0.3 is 5.97 Å². The molecule has 1 fully saturated rings. The summed E-state index contributed by atoms with van der Waals surface area (Å²) in [7, 11) is 0. The quantitative estimate of drug-likeness (QED) is 0.799. The average molecular weight is 298 g/mol. The molecular weight excluding hydrogens is 272 g/mol. The minimum absolute atomic E-state index is 0.0179. The predicted octanol–water partition coefficient (Wildman–Crippen LogP) is 1.25. The molecule has 2 N–H and O–H groups in total. The zero-order valence-corrected chi connectivity index (χ0v) is 13.5. The van der Waals surface area contributed by atoms with Gasteiger partial charge in [0.1, 0.15) is 0 Å². The van der Waals surface area contributed by atoms with Crippen LogP contribution in [0.25, 0.3) is 0 Å². The molecule has 0 aliphatic carbocycles. The van der Waals surface area contributed by atoms with E-state index in [0.717, 1.165) is 0 Å². The highest BCUT2D eigenvalue weighted by Crippen LogP contribution is 2.24. The first kappa shape index (κ1) is 17.5. The molecule has 0 spiro atoms. The average Bonchev–Trinajstić information content (AvgIpc) is 2.68. The zero-order valence-electron chi connectivity index (χ0n) is 13.5. The van der Waals surface area contributed by atoms with Crippen LogP contribution in [0.2, 0.25) is 0 Å². The number of hydrogen-bond donors (Lipinski definition) is 2. The van der Waals surface area contributed by atoms with Crippen LogP contribution >= 0.6 is 0 Å². The number of amides is 2. The molecule has 21 heavy (non-hydrogen) atoms. The Bertz CT molecular complexity index is 426. The molecule has 120 valence electrons. The van der Waals surface area contributed by atoms with Crippen molar-refractivity contribution in [2.75, 3.05) is 6.54 Å². The summed E-state index contributed by atoms with van der Waals surface area (Å²) >= 11 is 0. The van der Waals surface area contributed by atoms with Gasteiger partial charge in [0.25, 0.3) is 0 Å².